The van der Waals surface area contributed by atoms with Gasteiger partial charge in [0.2, 0.25) is 0 Å². The van der Waals surface area contributed by atoms with Crippen LogP contribution in [0.5, 0.6) is 0 Å². The summed E-state index contributed by atoms with van der Waals surface area (Å²) in [4.78, 5) is 8.26. The molecule has 0 saturated heterocycles. The summed E-state index contributed by atoms with van der Waals surface area (Å²) in [7, 11) is 0. The van der Waals surface area contributed by atoms with Crippen molar-refractivity contribution in [1.29, 1.82) is 0 Å². The van der Waals surface area contributed by atoms with Crippen LogP contribution in [0.3, 0.4) is 0 Å². The quantitative estimate of drug-likeness (QED) is 0.556. The molecule has 0 unspecified atom stereocenters. The maximum Gasteiger partial charge on any atom is 0.148 e. The summed E-state index contributed by atoms with van der Waals surface area (Å²) in [5.41, 5.74) is 4.16. The first-order chi connectivity index (χ1) is 9.76. The van der Waals surface area contributed by atoms with Gasteiger partial charge in [0.05, 0.1) is 0 Å². The number of nitrogens with two attached hydrogens (primary N) is 1. The molecule has 0 fully saturated rings. The maximum atomic E-state index is 13.5. The van der Waals surface area contributed by atoms with Crippen molar-refractivity contribution in [3.8, 4) is 0 Å². The lowest BCUT2D eigenvalue weighted by Gasteiger charge is -2.12. The molecule has 0 bridgehead atoms. The van der Waals surface area contributed by atoms with E-state index in [2.05, 4.69) is 20.7 Å². The Hall–Kier alpha value is -2.21. The zero-order valence-corrected chi connectivity index (χ0v) is 11.4. The first-order valence-electron chi connectivity index (χ1n) is 6.54. The molecular weight excluding hydrogens is 257 g/mol. The van der Waals surface area contributed by atoms with Gasteiger partial charge in [0, 0.05) is 12.1 Å². The second-order valence-corrected chi connectivity index (χ2v) is 4.32. The molecule has 0 amide bonds. The maximum absolute atomic E-state index is 13.5. The normalized spacial score (nSPS) is 10.3. The molecule has 2 rings (SSSR count). The van der Waals surface area contributed by atoms with Crippen LogP contribution < -0.4 is 16.6 Å². The summed E-state index contributed by atoms with van der Waals surface area (Å²) >= 11 is 0. The highest BCUT2D eigenvalue weighted by molar-refractivity contribution is 5.56. The molecule has 0 atom stereocenters. The molecule has 4 N–H and O–H groups in total. The van der Waals surface area contributed by atoms with E-state index in [0.29, 0.717) is 24.3 Å². The van der Waals surface area contributed by atoms with Gasteiger partial charge in [-0.1, -0.05) is 25.1 Å². The van der Waals surface area contributed by atoms with Gasteiger partial charge in [-0.25, -0.2) is 20.2 Å². The second kappa shape index (κ2) is 6.81. The molecule has 6 heteroatoms. The van der Waals surface area contributed by atoms with E-state index in [0.717, 1.165) is 17.8 Å². The number of hydrazine groups is 1. The molecule has 0 aliphatic rings. The molecule has 0 aliphatic carbocycles. The molecule has 20 heavy (non-hydrogen) atoms. The van der Waals surface area contributed by atoms with Crippen molar-refractivity contribution in [3.63, 3.8) is 0 Å². The predicted octanol–water partition coefficient (Wildman–Crippen LogP) is 2.12. The fraction of sp³-hybridized carbons (Fsp3) is 0.286. The zero-order chi connectivity index (χ0) is 14.4. The van der Waals surface area contributed by atoms with E-state index < -0.39 is 0 Å². The van der Waals surface area contributed by atoms with E-state index in [1.165, 1.54) is 12.4 Å². The lowest BCUT2D eigenvalue weighted by molar-refractivity contribution is 0.610. The van der Waals surface area contributed by atoms with Crippen LogP contribution in [0.15, 0.2) is 30.6 Å². The van der Waals surface area contributed by atoms with Crippen molar-refractivity contribution in [3.05, 3.63) is 47.5 Å². The average molecular weight is 275 g/mol. The summed E-state index contributed by atoms with van der Waals surface area (Å²) in [6, 6.07) is 6.76. The highest BCUT2D eigenvalue weighted by atomic mass is 19.1. The standard InChI is InChI=1S/C14H18FN5/c1-2-11-13(18-9-19-14(11)20-16)17-8-7-10-5-3-4-6-12(10)15/h3-6,9H,2,7-8,16H2,1H3,(H2,17,18,19,20). The molecule has 2 aromatic rings. The largest absolute Gasteiger partial charge is 0.369 e. The van der Waals surface area contributed by atoms with Crippen LogP contribution in [-0.4, -0.2) is 16.5 Å². The molecule has 0 saturated carbocycles. The summed E-state index contributed by atoms with van der Waals surface area (Å²) in [5, 5.41) is 3.20. The number of rotatable bonds is 6. The number of hydrogen-bond acceptors (Lipinski definition) is 5. The molecule has 1 aromatic carbocycles. The zero-order valence-electron chi connectivity index (χ0n) is 11.4. The molecule has 1 aromatic heterocycles. The number of nitrogens with zero attached hydrogens (tertiary/aromatic N) is 2. The minimum Gasteiger partial charge on any atom is -0.369 e. The highest BCUT2D eigenvalue weighted by Crippen LogP contribution is 2.19. The molecule has 0 radical (unpaired) electrons. The average Bonchev–Trinajstić information content (AvgIpc) is 2.48. The minimum absolute atomic E-state index is 0.183. The Kier molecular flexibility index (Phi) is 4.84. The van der Waals surface area contributed by atoms with Gasteiger partial charge in [0.1, 0.15) is 23.8 Å². The van der Waals surface area contributed by atoms with E-state index in [1.807, 2.05) is 13.0 Å². The van der Waals surface area contributed by atoms with Gasteiger partial charge >= 0.3 is 0 Å². The highest BCUT2D eigenvalue weighted by Gasteiger charge is 2.08. The Labute approximate surface area is 117 Å². The molecule has 0 aliphatic heterocycles. The smallest absolute Gasteiger partial charge is 0.148 e. The number of hydrogen-bond donors (Lipinski definition) is 3. The van der Waals surface area contributed by atoms with Gasteiger partial charge in [-0.3, -0.25) is 0 Å². The molecule has 0 spiro atoms. The van der Waals surface area contributed by atoms with Crippen molar-refractivity contribution in [2.45, 2.75) is 19.8 Å². The van der Waals surface area contributed by atoms with Crippen LogP contribution in [0.25, 0.3) is 0 Å². The third-order valence-corrected chi connectivity index (χ3v) is 3.08. The minimum atomic E-state index is -0.183. The van der Waals surface area contributed by atoms with Crippen LogP contribution in [0.2, 0.25) is 0 Å². The summed E-state index contributed by atoms with van der Waals surface area (Å²) in [5.74, 6) is 6.57. The van der Waals surface area contributed by atoms with Crippen molar-refractivity contribution in [1.82, 2.24) is 9.97 Å². The van der Waals surface area contributed by atoms with E-state index in [-0.39, 0.29) is 5.82 Å². The van der Waals surface area contributed by atoms with E-state index in [1.54, 1.807) is 12.1 Å². The molecule has 1 heterocycles. The number of anilines is 2. The van der Waals surface area contributed by atoms with Crippen LogP contribution in [0, 0.1) is 5.82 Å². The van der Waals surface area contributed by atoms with Crippen molar-refractivity contribution < 1.29 is 4.39 Å². The number of halogens is 1. The Morgan fingerprint density at radius 3 is 2.65 bits per heavy atom. The molecule has 106 valence electrons. The first kappa shape index (κ1) is 14.2. The van der Waals surface area contributed by atoms with Crippen LogP contribution in [0.1, 0.15) is 18.1 Å². The Morgan fingerprint density at radius 2 is 1.95 bits per heavy atom. The monoisotopic (exact) mass is 275 g/mol. The van der Waals surface area contributed by atoms with E-state index >= 15 is 0 Å². The van der Waals surface area contributed by atoms with Gasteiger partial charge in [-0.05, 0) is 24.5 Å². The summed E-state index contributed by atoms with van der Waals surface area (Å²) in [6.45, 7) is 2.59. The van der Waals surface area contributed by atoms with E-state index in [4.69, 9.17) is 5.84 Å². The Balaban J connectivity index is 2.03. The summed E-state index contributed by atoms with van der Waals surface area (Å²) < 4.78 is 13.5. The first-order valence-corrected chi connectivity index (χ1v) is 6.54. The van der Waals surface area contributed by atoms with Gasteiger partial charge in [-0.15, -0.1) is 0 Å². The Bertz CT molecular complexity index is 573. The SMILES string of the molecule is CCc1c(NN)ncnc1NCCc1ccccc1F. The van der Waals surface area contributed by atoms with Gasteiger partial charge in [0.25, 0.3) is 0 Å². The topological polar surface area (TPSA) is 75.9 Å². The number of nitrogens with one attached hydrogen (secondary N) is 2. The van der Waals surface area contributed by atoms with Crippen LogP contribution in [-0.2, 0) is 12.8 Å². The number of nitrogen functional groups attached to an aromatic ring is 1. The fourth-order valence-corrected chi connectivity index (χ4v) is 2.04. The number of benzene rings is 1. The molecule has 5 nitrogen and oxygen atoms in total. The third kappa shape index (κ3) is 3.21. The van der Waals surface area contributed by atoms with Crippen LogP contribution >= 0.6 is 0 Å². The predicted molar refractivity (Wildman–Crippen MR) is 77.8 cm³/mol. The van der Waals surface area contributed by atoms with Crippen molar-refractivity contribution >= 4 is 11.6 Å². The van der Waals surface area contributed by atoms with Gasteiger partial charge in [-0.2, -0.15) is 0 Å². The van der Waals surface area contributed by atoms with Crippen LogP contribution in [0.4, 0.5) is 16.0 Å². The number of aromatic nitrogens is 2. The van der Waals surface area contributed by atoms with E-state index in [9.17, 15) is 4.39 Å². The van der Waals surface area contributed by atoms with Crippen molar-refractivity contribution in [2.75, 3.05) is 17.3 Å². The Morgan fingerprint density at radius 1 is 1.20 bits per heavy atom. The fourth-order valence-electron chi connectivity index (χ4n) is 2.04. The van der Waals surface area contributed by atoms with Crippen molar-refractivity contribution in [2.24, 2.45) is 5.84 Å². The van der Waals surface area contributed by atoms with Gasteiger partial charge < -0.3 is 10.7 Å². The molecular formula is C14H18FN5. The summed E-state index contributed by atoms with van der Waals surface area (Å²) in [6.07, 6.45) is 2.79. The van der Waals surface area contributed by atoms with Gasteiger partial charge in [0.15, 0.2) is 0 Å². The second-order valence-electron chi connectivity index (χ2n) is 4.32. The lowest BCUT2D eigenvalue weighted by Crippen LogP contribution is -2.15. The third-order valence-electron chi connectivity index (χ3n) is 3.08. The lowest BCUT2D eigenvalue weighted by atomic mass is 10.1.